The summed E-state index contributed by atoms with van der Waals surface area (Å²) in [5.41, 5.74) is 3.36. The first-order valence-electron chi connectivity index (χ1n) is 8.83. The molecule has 1 amide bonds. The first-order valence-corrected chi connectivity index (χ1v) is 8.83. The van der Waals surface area contributed by atoms with Crippen LogP contribution in [0.25, 0.3) is 10.9 Å². The summed E-state index contributed by atoms with van der Waals surface area (Å²) in [6.07, 6.45) is 5.60. The van der Waals surface area contributed by atoms with E-state index in [0.717, 1.165) is 22.2 Å². The number of anilines is 1. The van der Waals surface area contributed by atoms with Crippen molar-refractivity contribution < 1.29 is 4.79 Å². The van der Waals surface area contributed by atoms with Crippen molar-refractivity contribution in [1.82, 2.24) is 19.3 Å². The van der Waals surface area contributed by atoms with Gasteiger partial charge in [0.25, 0.3) is 0 Å². The predicted molar refractivity (Wildman–Crippen MR) is 106 cm³/mol. The Morgan fingerprint density at radius 3 is 2.86 bits per heavy atom. The number of fused-ring (bicyclic) bond motifs is 1. The lowest BCUT2D eigenvalue weighted by molar-refractivity contribution is -0.115. The number of aryl methyl sites for hydroxylation is 1. The zero-order chi connectivity index (χ0) is 19.5. The summed E-state index contributed by atoms with van der Waals surface area (Å²) in [6, 6.07) is 15.4. The van der Waals surface area contributed by atoms with Gasteiger partial charge in [-0.3, -0.25) is 14.5 Å². The molecule has 4 rings (SSSR count). The molecule has 0 fully saturated rings. The molecular formula is C21H18N6O. The minimum Gasteiger partial charge on any atom is -0.351 e. The van der Waals surface area contributed by atoms with Crippen LogP contribution >= 0.6 is 0 Å². The highest BCUT2D eigenvalue weighted by Gasteiger charge is 2.08. The molecule has 0 radical (unpaired) electrons. The molecule has 0 saturated heterocycles. The van der Waals surface area contributed by atoms with E-state index in [4.69, 9.17) is 5.26 Å². The van der Waals surface area contributed by atoms with E-state index in [0.29, 0.717) is 17.9 Å². The number of aromatic nitrogens is 4. The zero-order valence-electron chi connectivity index (χ0n) is 15.3. The van der Waals surface area contributed by atoms with E-state index in [1.54, 1.807) is 29.1 Å². The molecule has 138 valence electrons. The maximum atomic E-state index is 12.4. The number of pyridine rings is 1. The van der Waals surface area contributed by atoms with Gasteiger partial charge in [0, 0.05) is 37.2 Å². The molecule has 3 heterocycles. The Hall–Kier alpha value is -3.92. The van der Waals surface area contributed by atoms with Crippen LogP contribution in [0, 0.1) is 11.3 Å². The molecule has 28 heavy (non-hydrogen) atoms. The Morgan fingerprint density at radius 1 is 1.18 bits per heavy atom. The number of carbonyl (C=O) groups excluding carboxylic acids is 1. The van der Waals surface area contributed by atoms with Crippen molar-refractivity contribution in [3.63, 3.8) is 0 Å². The lowest BCUT2D eigenvalue weighted by Crippen LogP contribution is -2.15. The zero-order valence-corrected chi connectivity index (χ0v) is 15.3. The topological polar surface area (TPSA) is 88.5 Å². The van der Waals surface area contributed by atoms with Crippen molar-refractivity contribution in [2.75, 3.05) is 5.32 Å². The molecule has 3 aromatic heterocycles. The van der Waals surface area contributed by atoms with E-state index < -0.39 is 0 Å². The number of amides is 1. The molecule has 4 aromatic rings. The SMILES string of the molecule is Cn1ccc2ccc(CC(=O)Nc3ccn(Cc4ccc(C#N)cn4)n3)cc21. The number of carbonyl (C=O) groups is 1. The molecule has 0 aliphatic rings. The predicted octanol–water partition coefficient (Wildman–Crippen LogP) is 2.87. The van der Waals surface area contributed by atoms with Crippen LogP contribution in [0.5, 0.6) is 0 Å². The number of rotatable bonds is 5. The second-order valence-corrected chi connectivity index (χ2v) is 6.59. The van der Waals surface area contributed by atoms with Crippen LogP contribution < -0.4 is 5.32 Å². The Morgan fingerprint density at radius 2 is 2.07 bits per heavy atom. The van der Waals surface area contributed by atoms with Crippen molar-refractivity contribution in [1.29, 1.82) is 5.26 Å². The van der Waals surface area contributed by atoms with Crippen molar-refractivity contribution in [3.05, 3.63) is 77.9 Å². The Kier molecular flexibility index (Phi) is 4.60. The monoisotopic (exact) mass is 370 g/mol. The fourth-order valence-electron chi connectivity index (χ4n) is 3.06. The molecule has 0 atom stereocenters. The number of hydrogen-bond donors (Lipinski definition) is 1. The van der Waals surface area contributed by atoms with Gasteiger partial charge in [-0.05, 0) is 35.2 Å². The van der Waals surface area contributed by atoms with E-state index in [2.05, 4.69) is 21.5 Å². The number of nitrogens with zero attached hydrogens (tertiary/aromatic N) is 5. The normalized spacial score (nSPS) is 10.7. The lowest BCUT2D eigenvalue weighted by atomic mass is 10.1. The fraction of sp³-hybridized carbons (Fsp3) is 0.143. The molecule has 0 aliphatic carbocycles. The van der Waals surface area contributed by atoms with Gasteiger partial charge in [0.15, 0.2) is 5.82 Å². The highest BCUT2D eigenvalue weighted by molar-refractivity contribution is 5.92. The Labute approximate surface area is 161 Å². The van der Waals surface area contributed by atoms with E-state index in [1.165, 1.54) is 6.20 Å². The van der Waals surface area contributed by atoms with Gasteiger partial charge in [-0.25, -0.2) is 0 Å². The third kappa shape index (κ3) is 3.76. The highest BCUT2D eigenvalue weighted by Crippen LogP contribution is 2.17. The highest BCUT2D eigenvalue weighted by atomic mass is 16.1. The fourth-order valence-corrected chi connectivity index (χ4v) is 3.06. The van der Waals surface area contributed by atoms with Gasteiger partial charge >= 0.3 is 0 Å². The molecular weight excluding hydrogens is 352 g/mol. The van der Waals surface area contributed by atoms with Crippen molar-refractivity contribution in [3.8, 4) is 6.07 Å². The van der Waals surface area contributed by atoms with Gasteiger partial charge in [-0.1, -0.05) is 12.1 Å². The average molecular weight is 370 g/mol. The molecule has 7 heteroatoms. The minimum absolute atomic E-state index is 0.115. The quantitative estimate of drug-likeness (QED) is 0.585. The third-order valence-corrected chi connectivity index (χ3v) is 4.50. The summed E-state index contributed by atoms with van der Waals surface area (Å²) in [6.45, 7) is 0.464. The number of benzene rings is 1. The van der Waals surface area contributed by atoms with Crippen LogP contribution in [-0.2, 0) is 24.8 Å². The molecule has 0 saturated carbocycles. The van der Waals surface area contributed by atoms with Gasteiger partial charge in [-0.2, -0.15) is 10.4 Å². The van der Waals surface area contributed by atoms with Gasteiger partial charge in [0.1, 0.15) is 6.07 Å². The summed E-state index contributed by atoms with van der Waals surface area (Å²) in [5.74, 6) is 0.383. The van der Waals surface area contributed by atoms with Crippen molar-refractivity contribution >= 4 is 22.6 Å². The van der Waals surface area contributed by atoms with Gasteiger partial charge in [0.2, 0.25) is 5.91 Å². The Bertz CT molecular complexity index is 1180. The molecule has 0 unspecified atom stereocenters. The van der Waals surface area contributed by atoms with Crippen LogP contribution in [0.3, 0.4) is 0 Å². The largest absolute Gasteiger partial charge is 0.351 e. The van der Waals surface area contributed by atoms with E-state index in [9.17, 15) is 4.79 Å². The maximum absolute atomic E-state index is 12.4. The van der Waals surface area contributed by atoms with Gasteiger partial charge in [0.05, 0.1) is 24.2 Å². The number of hydrogen-bond acceptors (Lipinski definition) is 4. The number of nitriles is 1. The summed E-state index contributed by atoms with van der Waals surface area (Å²) in [4.78, 5) is 16.6. The summed E-state index contributed by atoms with van der Waals surface area (Å²) in [5, 5.41) is 17.2. The van der Waals surface area contributed by atoms with Crippen LogP contribution in [-0.4, -0.2) is 25.2 Å². The standard InChI is InChI=1S/C21H18N6O/c1-26-8-6-17-4-2-15(10-19(17)26)11-21(28)24-20-7-9-27(25-20)14-18-5-3-16(12-22)13-23-18/h2-10,13H,11,14H2,1H3,(H,24,25,28). The molecule has 0 aliphatic heterocycles. The molecule has 0 bridgehead atoms. The van der Waals surface area contributed by atoms with Crippen LogP contribution in [0.4, 0.5) is 5.82 Å². The first kappa shape index (κ1) is 17.5. The van der Waals surface area contributed by atoms with Crippen LogP contribution in [0.1, 0.15) is 16.8 Å². The second kappa shape index (κ2) is 7.37. The average Bonchev–Trinajstić information content (AvgIpc) is 3.29. The lowest BCUT2D eigenvalue weighted by Gasteiger charge is -2.04. The van der Waals surface area contributed by atoms with E-state index >= 15 is 0 Å². The van der Waals surface area contributed by atoms with E-state index in [-0.39, 0.29) is 12.3 Å². The third-order valence-electron chi connectivity index (χ3n) is 4.50. The summed E-state index contributed by atoms with van der Waals surface area (Å²) < 4.78 is 3.73. The van der Waals surface area contributed by atoms with Crippen LogP contribution in [0.2, 0.25) is 0 Å². The molecule has 0 spiro atoms. The molecule has 1 N–H and O–H groups in total. The smallest absolute Gasteiger partial charge is 0.229 e. The van der Waals surface area contributed by atoms with Crippen molar-refractivity contribution in [2.45, 2.75) is 13.0 Å². The van der Waals surface area contributed by atoms with Gasteiger partial charge < -0.3 is 9.88 Å². The second-order valence-electron chi connectivity index (χ2n) is 6.59. The summed E-state index contributed by atoms with van der Waals surface area (Å²) in [7, 11) is 1.99. The molecule has 1 aromatic carbocycles. The van der Waals surface area contributed by atoms with E-state index in [1.807, 2.05) is 42.1 Å². The first-order chi connectivity index (χ1) is 13.6. The van der Waals surface area contributed by atoms with Crippen molar-refractivity contribution in [2.24, 2.45) is 7.05 Å². The maximum Gasteiger partial charge on any atom is 0.229 e. The molecule has 7 nitrogen and oxygen atoms in total. The van der Waals surface area contributed by atoms with Gasteiger partial charge in [-0.15, -0.1) is 0 Å². The number of nitrogens with one attached hydrogen (secondary N) is 1. The Balaban J connectivity index is 1.39. The summed E-state index contributed by atoms with van der Waals surface area (Å²) >= 11 is 0. The minimum atomic E-state index is -0.115. The van der Waals surface area contributed by atoms with Crippen LogP contribution in [0.15, 0.2) is 61.1 Å².